The van der Waals surface area contributed by atoms with Crippen LogP contribution in [-0.2, 0) is 21.5 Å². The van der Waals surface area contributed by atoms with Crippen molar-refractivity contribution in [1.29, 1.82) is 0 Å². The van der Waals surface area contributed by atoms with E-state index in [1.165, 1.54) is 24.3 Å². The highest BCUT2D eigenvalue weighted by molar-refractivity contribution is 9.10. The Morgan fingerprint density at radius 2 is 1.82 bits per heavy atom. The zero-order chi connectivity index (χ0) is 27.7. The average molecular weight is 653 g/mol. The summed E-state index contributed by atoms with van der Waals surface area (Å²) < 4.78 is 47.6. The monoisotopic (exact) mass is 651 g/mol. The Morgan fingerprint density at radius 3 is 2.54 bits per heavy atom. The largest absolute Gasteiger partial charge is 0.490 e. The standard InChI is InChI=1S/C26H19BrClNO8S2/c1-2-34-22-9-15(8-18(27)24(22)37-39(32,33)17-6-4-3-5-7-17)10-23-25(30)29(26(31)38-23)13-16-11-20-21(12-19(16)28)36-14-35-20/h3-12H,2,13-14H2,1H3/b23-10-. The smallest absolute Gasteiger partial charge is 0.339 e. The predicted octanol–water partition coefficient (Wildman–Crippen LogP) is 6.23. The summed E-state index contributed by atoms with van der Waals surface area (Å²) in [5.74, 6) is 0.589. The number of nitrogens with zero attached hydrogens (tertiary/aromatic N) is 1. The van der Waals surface area contributed by atoms with Crippen LogP contribution < -0.4 is 18.4 Å². The highest BCUT2D eigenvalue weighted by atomic mass is 79.9. The van der Waals surface area contributed by atoms with Gasteiger partial charge in [-0.1, -0.05) is 29.8 Å². The molecule has 13 heteroatoms. The molecule has 0 spiro atoms. The van der Waals surface area contributed by atoms with E-state index in [0.717, 1.165) is 16.7 Å². The Balaban J connectivity index is 1.41. The molecular formula is C26H19BrClNO8S2. The maximum atomic E-state index is 13.1. The maximum Gasteiger partial charge on any atom is 0.339 e. The van der Waals surface area contributed by atoms with Gasteiger partial charge in [-0.15, -0.1) is 0 Å². The van der Waals surface area contributed by atoms with Gasteiger partial charge in [0.25, 0.3) is 11.1 Å². The summed E-state index contributed by atoms with van der Waals surface area (Å²) in [6.07, 6.45) is 1.52. The number of halogens is 2. The molecule has 9 nitrogen and oxygen atoms in total. The lowest BCUT2D eigenvalue weighted by Crippen LogP contribution is -2.27. The third-order valence-corrected chi connectivity index (χ3v) is 8.68. The molecule has 39 heavy (non-hydrogen) atoms. The molecule has 0 saturated carbocycles. The van der Waals surface area contributed by atoms with Crippen LogP contribution in [0.3, 0.4) is 0 Å². The van der Waals surface area contributed by atoms with Crippen LogP contribution in [-0.4, -0.2) is 37.9 Å². The summed E-state index contributed by atoms with van der Waals surface area (Å²) >= 11 is 10.5. The van der Waals surface area contributed by atoms with Crippen molar-refractivity contribution in [3.05, 3.63) is 80.1 Å². The molecule has 1 saturated heterocycles. The molecule has 0 aliphatic carbocycles. The molecule has 1 fully saturated rings. The van der Waals surface area contributed by atoms with E-state index in [2.05, 4.69) is 15.9 Å². The lowest BCUT2D eigenvalue weighted by molar-refractivity contribution is -0.123. The molecule has 2 aliphatic rings. The van der Waals surface area contributed by atoms with E-state index in [4.69, 9.17) is 30.0 Å². The Morgan fingerprint density at radius 1 is 1.10 bits per heavy atom. The number of rotatable bonds is 8. The summed E-state index contributed by atoms with van der Waals surface area (Å²) in [6, 6.07) is 14.1. The van der Waals surface area contributed by atoms with E-state index in [1.807, 2.05) is 0 Å². The third-order valence-electron chi connectivity index (χ3n) is 5.60. The number of carbonyl (C=O) groups is 2. The van der Waals surface area contributed by atoms with Gasteiger partial charge in [-0.3, -0.25) is 14.5 Å². The normalized spacial score (nSPS) is 15.8. The molecule has 5 rings (SSSR count). The summed E-state index contributed by atoms with van der Waals surface area (Å²) in [4.78, 5) is 27.1. The van der Waals surface area contributed by atoms with Crippen molar-refractivity contribution < 1.29 is 36.4 Å². The molecular weight excluding hydrogens is 634 g/mol. The van der Waals surface area contributed by atoms with Crippen molar-refractivity contribution in [2.45, 2.75) is 18.4 Å². The summed E-state index contributed by atoms with van der Waals surface area (Å²) in [5, 5.41) is -0.119. The number of fused-ring (bicyclic) bond motifs is 1. The minimum absolute atomic E-state index is 0.0142. The second-order valence-corrected chi connectivity index (χ2v) is 12.0. The Hall–Kier alpha value is -3.19. The maximum absolute atomic E-state index is 13.1. The summed E-state index contributed by atoms with van der Waals surface area (Å²) in [6.45, 7) is 1.99. The van der Waals surface area contributed by atoms with Gasteiger partial charge in [0.05, 0.1) is 22.5 Å². The number of hydrogen-bond acceptors (Lipinski definition) is 9. The average Bonchev–Trinajstić information content (AvgIpc) is 3.46. The lowest BCUT2D eigenvalue weighted by atomic mass is 10.1. The summed E-state index contributed by atoms with van der Waals surface area (Å²) in [5.41, 5.74) is 1.02. The van der Waals surface area contributed by atoms with Gasteiger partial charge in [-0.05, 0) is 82.2 Å². The van der Waals surface area contributed by atoms with E-state index in [-0.39, 0.29) is 45.7 Å². The molecule has 0 aromatic heterocycles. The Labute approximate surface area is 241 Å². The van der Waals surface area contributed by atoms with E-state index in [1.54, 1.807) is 43.3 Å². The van der Waals surface area contributed by atoms with Crippen LogP contribution in [0.15, 0.2) is 68.9 Å². The molecule has 202 valence electrons. The SMILES string of the molecule is CCOc1cc(/C=C2\SC(=O)N(Cc3cc4c(cc3Cl)OCO4)C2=O)cc(Br)c1OS(=O)(=O)c1ccccc1. The quantitative estimate of drug-likeness (QED) is 0.207. The number of thioether (sulfide) groups is 1. The van der Waals surface area contributed by atoms with Crippen LogP contribution in [0.4, 0.5) is 4.79 Å². The van der Waals surface area contributed by atoms with Gasteiger partial charge < -0.3 is 18.4 Å². The van der Waals surface area contributed by atoms with Crippen LogP contribution in [0.2, 0.25) is 5.02 Å². The lowest BCUT2D eigenvalue weighted by Gasteiger charge is -2.15. The molecule has 0 bridgehead atoms. The first kappa shape index (κ1) is 27.4. The summed E-state index contributed by atoms with van der Waals surface area (Å²) in [7, 11) is -4.13. The molecule has 0 atom stereocenters. The first-order valence-electron chi connectivity index (χ1n) is 11.5. The molecule has 0 unspecified atom stereocenters. The molecule has 3 aromatic carbocycles. The van der Waals surface area contributed by atoms with Crippen molar-refractivity contribution >= 4 is 66.6 Å². The van der Waals surface area contributed by atoms with Crippen molar-refractivity contribution in [2.75, 3.05) is 13.4 Å². The molecule has 0 radical (unpaired) electrons. The van der Waals surface area contributed by atoms with Crippen molar-refractivity contribution in [3.8, 4) is 23.0 Å². The van der Waals surface area contributed by atoms with Gasteiger partial charge in [0.2, 0.25) is 6.79 Å². The van der Waals surface area contributed by atoms with E-state index < -0.39 is 21.3 Å². The fourth-order valence-corrected chi connectivity index (χ4v) is 6.48. The fraction of sp³-hybridized carbons (Fsp3) is 0.154. The van der Waals surface area contributed by atoms with Crippen molar-refractivity contribution in [3.63, 3.8) is 0 Å². The number of imide groups is 1. The van der Waals surface area contributed by atoms with Crippen LogP contribution in [0.25, 0.3) is 6.08 Å². The highest BCUT2D eigenvalue weighted by Gasteiger charge is 2.36. The second-order valence-electron chi connectivity index (χ2n) is 8.18. The number of hydrogen-bond donors (Lipinski definition) is 0. The van der Waals surface area contributed by atoms with Crippen LogP contribution in [0.5, 0.6) is 23.0 Å². The van der Waals surface area contributed by atoms with Gasteiger partial charge in [0.1, 0.15) is 4.90 Å². The minimum atomic E-state index is -4.13. The van der Waals surface area contributed by atoms with E-state index >= 15 is 0 Å². The molecule has 3 aromatic rings. The first-order valence-corrected chi connectivity index (χ1v) is 14.8. The Bertz CT molecular complexity index is 1610. The van der Waals surface area contributed by atoms with E-state index in [9.17, 15) is 18.0 Å². The number of amides is 2. The number of benzene rings is 3. The number of carbonyl (C=O) groups excluding carboxylic acids is 2. The zero-order valence-electron chi connectivity index (χ0n) is 20.2. The molecule has 2 heterocycles. The predicted molar refractivity (Wildman–Crippen MR) is 149 cm³/mol. The molecule has 0 N–H and O–H groups in total. The van der Waals surface area contributed by atoms with Gasteiger partial charge >= 0.3 is 10.1 Å². The van der Waals surface area contributed by atoms with Crippen molar-refractivity contribution in [2.24, 2.45) is 0 Å². The fourth-order valence-electron chi connectivity index (χ4n) is 3.80. The molecule has 2 amide bonds. The van der Waals surface area contributed by atoms with Crippen LogP contribution in [0, 0.1) is 0 Å². The molecule has 2 aliphatic heterocycles. The van der Waals surface area contributed by atoms with Gasteiger partial charge in [-0.2, -0.15) is 8.42 Å². The van der Waals surface area contributed by atoms with Gasteiger partial charge in [-0.25, -0.2) is 0 Å². The topological polar surface area (TPSA) is 108 Å². The van der Waals surface area contributed by atoms with Crippen molar-refractivity contribution in [1.82, 2.24) is 4.90 Å². The van der Waals surface area contributed by atoms with Crippen LogP contribution >= 0.6 is 39.3 Å². The second kappa shape index (κ2) is 11.1. The van der Waals surface area contributed by atoms with E-state index in [0.29, 0.717) is 27.6 Å². The van der Waals surface area contributed by atoms with Gasteiger partial charge in [0, 0.05) is 11.1 Å². The minimum Gasteiger partial charge on any atom is -0.490 e. The first-order chi connectivity index (χ1) is 18.7. The third kappa shape index (κ3) is 5.74. The Kier molecular flexibility index (Phi) is 7.81. The highest BCUT2D eigenvalue weighted by Crippen LogP contribution is 2.42. The number of ether oxygens (including phenoxy) is 3. The van der Waals surface area contributed by atoms with Crippen LogP contribution in [0.1, 0.15) is 18.1 Å². The van der Waals surface area contributed by atoms with Gasteiger partial charge in [0.15, 0.2) is 23.0 Å². The zero-order valence-corrected chi connectivity index (χ0v) is 24.2.